The van der Waals surface area contributed by atoms with Crippen molar-refractivity contribution in [2.24, 2.45) is 5.92 Å². The highest BCUT2D eigenvalue weighted by Gasteiger charge is 2.41. The fraction of sp³-hybridized carbons (Fsp3) is 0.677. The third-order valence-corrected chi connectivity index (χ3v) is 18.0. The number of rotatable bonds is 15. The van der Waals surface area contributed by atoms with Crippen molar-refractivity contribution in [3.8, 4) is 5.75 Å². The zero-order chi connectivity index (χ0) is 27.0. The fourth-order valence-electron chi connectivity index (χ4n) is 5.09. The minimum Gasteiger partial charge on any atom is -0.488 e. The third-order valence-electron chi connectivity index (χ3n) is 8.85. The van der Waals surface area contributed by atoms with Crippen molar-refractivity contribution in [1.29, 1.82) is 0 Å². The van der Waals surface area contributed by atoms with E-state index in [9.17, 15) is 0 Å². The van der Waals surface area contributed by atoms with E-state index in [1.54, 1.807) is 0 Å². The van der Waals surface area contributed by atoms with Crippen molar-refractivity contribution < 1.29 is 13.6 Å². The summed E-state index contributed by atoms with van der Waals surface area (Å²) in [4.78, 5) is 0. The van der Waals surface area contributed by atoms with Crippen LogP contribution in [0.3, 0.4) is 0 Å². The first-order chi connectivity index (χ1) is 16.9. The molecule has 1 aromatic rings. The molecular formula is C31H54O3Si2. The van der Waals surface area contributed by atoms with Gasteiger partial charge in [0, 0.05) is 5.92 Å². The molecule has 2 rings (SSSR count). The molecule has 0 spiro atoms. The molecule has 0 saturated heterocycles. The van der Waals surface area contributed by atoms with Crippen LogP contribution in [-0.4, -0.2) is 34.9 Å². The maximum atomic E-state index is 6.99. The minimum atomic E-state index is -1.95. The van der Waals surface area contributed by atoms with Crippen molar-refractivity contribution >= 4 is 16.6 Å². The zero-order valence-electron chi connectivity index (χ0n) is 24.7. The fourth-order valence-corrected chi connectivity index (χ4v) is 9.41. The summed E-state index contributed by atoms with van der Waals surface area (Å²) >= 11 is 0. The maximum absolute atomic E-state index is 6.99. The average Bonchev–Trinajstić information content (AvgIpc) is 3.21. The first-order valence-electron chi connectivity index (χ1n) is 14.3. The van der Waals surface area contributed by atoms with E-state index in [4.69, 9.17) is 13.6 Å². The topological polar surface area (TPSA) is 27.7 Å². The molecule has 0 fully saturated rings. The third kappa shape index (κ3) is 8.18. The number of allylic oxidation sites excluding steroid dienone is 1. The molecule has 0 radical (unpaired) electrons. The van der Waals surface area contributed by atoms with Gasteiger partial charge in [0.05, 0.1) is 12.2 Å². The molecule has 0 aliphatic heterocycles. The number of benzene rings is 1. The van der Waals surface area contributed by atoms with Crippen LogP contribution in [0.4, 0.5) is 0 Å². The van der Waals surface area contributed by atoms with Gasteiger partial charge in [0.15, 0.2) is 16.6 Å². The van der Waals surface area contributed by atoms with E-state index in [0.717, 1.165) is 31.4 Å². The van der Waals surface area contributed by atoms with Gasteiger partial charge < -0.3 is 13.6 Å². The summed E-state index contributed by atoms with van der Waals surface area (Å²) < 4.78 is 20.4. The first-order valence-corrected chi connectivity index (χ1v) is 19.7. The number of hydrogen-bond donors (Lipinski definition) is 0. The largest absolute Gasteiger partial charge is 0.488 e. The van der Waals surface area contributed by atoms with Gasteiger partial charge in [0.2, 0.25) is 0 Å². The molecule has 0 heterocycles. The normalized spacial score (nSPS) is 20.6. The molecule has 1 aromatic carbocycles. The second-order valence-corrected chi connectivity index (χ2v) is 21.6. The van der Waals surface area contributed by atoms with Gasteiger partial charge in [0.25, 0.3) is 0 Å². The van der Waals surface area contributed by atoms with Crippen molar-refractivity contribution in [3.63, 3.8) is 0 Å². The van der Waals surface area contributed by atoms with Gasteiger partial charge in [-0.25, -0.2) is 0 Å². The Labute approximate surface area is 225 Å². The zero-order valence-corrected chi connectivity index (χ0v) is 26.7. The summed E-state index contributed by atoms with van der Waals surface area (Å²) in [5, 5.41) is 0.156. The van der Waals surface area contributed by atoms with Crippen molar-refractivity contribution in [1.82, 2.24) is 0 Å². The Morgan fingerprint density at radius 1 is 1.06 bits per heavy atom. The van der Waals surface area contributed by atoms with Gasteiger partial charge in [-0.1, -0.05) is 77.5 Å². The van der Waals surface area contributed by atoms with Crippen LogP contribution in [0.15, 0.2) is 54.6 Å². The van der Waals surface area contributed by atoms with Gasteiger partial charge in [0.1, 0.15) is 11.9 Å². The van der Waals surface area contributed by atoms with Crippen LogP contribution in [0.25, 0.3) is 0 Å². The van der Waals surface area contributed by atoms with E-state index < -0.39 is 16.6 Å². The lowest BCUT2D eigenvalue weighted by Gasteiger charge is -2.41. The molecule has 1 aliphatic carbocycles. The molecule has 0 amide bonds. The van der Waals surface area contributed by atoms with E-state index in [-0.39, 0.29) is 17.2 Å². The Hall–Kier alpha value is -1.15. The molecule has 1 aliphatic rings. The number of para-hydroxylation sites is 1. The van der Waals surface area contributed by atoms with Crippen LogP contribution in [0.2, 0.25) is 36.3 Å². The summed E-state index contributed by atoms with van der Waals surface area (Å²) in [5.41, 5.74) is 1.53. The standard InChI is InChI=1S/C31H54O3Si2/c1-11-18-28-26(22-24-30(28)34-36(12-2,13-3)14-4)21-23-29(33-35(9,10)31(6,7)8)25(5)32-27-19-16-15-17-20-27/h11,15-17,19-20,22,25,28-30H,1,12-14,18,21,23-24H2,2-10H3/t25?,28-,29+,30+/m1/s1. The Balaban J connectivity index is 2.18. The van der Waals surface area contributed by atoms with Gasteiger partial charge >= 0.3 is 0 Å². The van der Waals surface area contributed by atoms with Crippen molar-refractivity contribution in [3.05, 3.63) is 54.6 Å². The molecule has 0 aromatic heterocycles. The molecule has 0 bridgehead atoms. The number of hydrogen-bond acceptors (Lipinski definition) is 3. The maximum Gasteiger partial charge on any atom is 0.192 e. The Bertz CT molecular complexity index is 816. The van der Waals surface area contributed by atoms with E-state index in [1.807, 2.05) is 30.3 Å². The highest BCUT2D eigenvalue weighted by Crippen LogP contribution is 2.41. The molecule has 5 heteroatoms. The summed E-state index contributed by atoms with van der Waals surface area (Å²) in [5.74, 6) is 1.35. The lowest BCUT2D eigenvalue weighted by Crippen LogP contribution is -2.47. The Morgan fingerprint density at radius 2 is 1.67 bits per heavy atom. The van der Waals surface area contributed by atoms with E-state index >= 15 is 0 Å². The Kier molecular flexibility index (Phi) is 11.7. The van der Waals surface area contributed by atoms with Crippen LogP contribution in [-0.2, 0) is 8.85 Å². The minimum absolute atomic E-state index is 0.0197. The molecule has 0 N–H and O–H groups in total. The molecular weight excluding hydrogens is 477 g/mol. The average molecular weight is 531 g/mol. The lowest BCUT2D eigenvalue weighted by atomic mass is 9.91. The van der Waals surface area contributed by atoms with Crippen LogP contribution >= 0.6 is 0 Å². The van der Waals surface area contributed by atoms with Crippen LogP contribution in [0.5, 0.6) is 5.75 Å². The second kappa shape index (κ2) is 13.6. The monoisotopic (exact) mass is 530 g/mol. The van der Waals surface area contributed by atoms with Crippen LogP contribution in [0, 0.1) is 5.92 Å². The second-order valence-electron chi connectivity index (χ2n) is 12.1. The number of ether oxygens (including phenoxy) is 1. The predicted octanol–water partition coefficient (Wildman–Crippen LogP) is 9.54. The quantitative estimate of drug-likeness (QED) is 0.167. The molecule has 0 saturated carbocycles. The van der Waals surface area contributed by atoms with Crippen LogP contribution < -0.4 is 4.74 Å². The molecule has 204 valence electrons. The van der Waals surface area contributed by atoms with Crippen molar-refractivity contribution in [2.75, 3.05) is 0 Å². The van der Waals surface area contributed by atoms with E-state index in [2.05, 4.69) is 80.3 Å². The Morgan fingerprint density at radius 3 is 2.19 bits per heavy atom. The first kappa shape index (κ1) is 31.1. The highest BCUT2D eigenvalue weighted by molar-refractivity contribution is 6.74. The summed E-state index contributed by atoms with van der Waals surface area (Å²) in [6.45, 7) is 24.8. The summed E-state index contributed by atoms with van der Waals surface area (Å²) in [6, 6.07) is 13.7. The van der Waals surface area contributed by atoms with Gasteiger partial charge in [-0.3, -0.25) is 0 Å². The molecule has 1 unspecified atom stereocenters. The molecule has 3 nitrogen and oxygen atoms in total. The predicted molar refractivity (Wildman–Crippen MR) is 161 cm³/mol. The SMILES string of the molecule is C=CC[C@@H]1C(CC[C@H](O[Si](C)(C)C(C)(C)C)C(C)Oc2ccccc2)=CC[C@@H]1O[Si](CC)(CC)CC. The van der Waals surface area contributed by atoms with E-state index in [1.165, 1.54) is 23.7 Å². The molecule has 4 atom stereocenters. The van der Waals surface area contributed by atoms with Gasteiger partial charge in [-0.05, 0) is 81.0 Å². The molecule has 36 heavy (non-hydrogen) atoms. The summed E-state index contributed by atoms with van der Waals surface area (Å²) in [7, 11) is -3.60. The van der Waals surface area contributed by atoms with E-state index in [0.29, 0.717) is 12.0 Å². The van der Waals surface area contributed by atoms with Gasteiger partial charge in [-0.2, -0.15) is 0 Å². The smallest absolute Gasteiger partial charge is 0.192 e. The van der Waals surface area contributed by atoms with Gasteiger partial charge in [-0.15, -0.1) is 6.58 Å². The van der Waals surface area contributed by atoms with Crippen molar-refractivity contribution in [2.45, 2.75) is 129 Å². The lowest BCUT2D eigenvalue weighted by molar-refractivity contribution is 0.0492. The van der Waals surface area contributed by atoms with Crippen LogP contribution in [0.1, 0.15) is 74.1 Å². The highest BCUT2D eigenvalue weighted by atomic mass is 28.4. The summed E-state index contributed by atoms with van der Waals surface area (Å²) in [6.07, 6.45) is 8.89.